The number of benzene rings is 2. The first-order valence-corrected chi connectivity index (χ1v) is 9.57. The fourth-order valence-corrected chi connectivity index (χ4v) is 3.66. The second kappa shape index (κ2) is 8.13. The Bertz CT molecular complexity index is 888. The van der Waals surface area contributed by atoms with Gasteiger partial charge in [0.2, 0.25) is 0 Å². The molecule has 27 heavy (non-hydrogen) atoms. The highest BCUT2D eigenvalue weighted by molar-refractivity contribution is 6.32. The molecule has 2 heterocycles. The molecule has 1 saturated heterocycles. The minimum atomic E-state index is 0.139. The van der Waals surface area contributed by atoms with Gasteiger partial charge in [-0.05, 0) is 23.8 Å². The summed E-state index contributed by atoms with van der Waals surface area (Å²) in [6.45, 7) is 5.81. The quantitative estimate of drug-likeness (QED) is 0.705. The molecule has 0 unspecified atom stereocenters. The van der Waals surface area contributed by atoms with Crippen LogP contribution in [0.1, 0.15) is 11.3 Å². The van der Waals surface area contributed by atoms with Crippen molar-refractivity contribution in [2.45, 2.75) is 13.1 Å². The van der Waals surface area contributed by atoms with Crippen LogP contribution in [0, 0.1) is 0 Å². The van der Waals surface area contributed by atoms with Gasteiger partial charge in [-0.3, -0.25) is 14.9 Å². The second-order valence-electron chi connectivity index (χ2n) is 6.98. The van der Waals surface area contributed by atoms with Crippen LogP contribution >= 0.6 is 11.6 Å². The van der Waals surface area contributed by atoms with E-state index in [0.717, 1.165) is 61.8 Å². The van der Waals surface area contributed by atoms with Crippen LogP contribution in [0.3, 0.4) is 0 Å². The van der Waals surface area contributed by atoms with E-state index in [2.05, 4.69) is 38.2 Å². The summed E-state index contributed by atoms with van der Waals surface area (Å²) in [5.41, 5.74) is 4.41. The molecule has 3 aromatic rings. The van der Waals surface area contributed by atoms with Gasteiger partial charge >= 0.3 is 0 Å². The van der Waals surface area contributed by atoms with Crippen molar-refractivity contribution in [3.8, 4) is 17.0 Å². The third-order valence-electron chi connectivity index (χ3n) is 4.98. The molecule has 2 aromatic carbocycles. The zero-order valence-corrected chi connectivity index (χ0v) is 15.9. The van der Waals surface area contributed by atoms with E-state index in [1.807, 2.05) is 30.3 Å². The number of piperazine rings is 1. The van der Waals surface area contributed by atoms with Crippen molar-refractivity contribution in [2.75, 3.05) is 26.2 Å². The van der Waals surface area contributed by atoms with Gasteiger partial charge in [0.05, 0.1) is 10.7 Å². The van der Waals surface area contributed by atoms with Crippen LogP contribution in [0.15, 0.2) is 54.6 Å². The lowest BCUT2D eigenvalue weighted by molar-refractivity contribution is 0.121. The normalized spacial score (nSPS) is 15.9. The van der Waals surface area contributed by atoms with Crippen molar-refractivity contribution in [3.05, 3.63) is 70.9 Å². The molecule has 0 radical (unpaired) electrons. The van der Waals surface area contributed by atoms with Crippen molar-refractivity contribution in [1.82, 2.24) is 20.0 Å². The van der Waals surface area contributed by atoms with Gasteiger partial charge in [-0.1, -0.05) is 48.0 Å². The van der Waals surface area contributed by atoms with Crippen molar-refractivity contribution in [2.24, 2.45) is 0 Å². The molecule has 0 atom stereocenters. The maximum Gasteiger partial charge on any atom is 0.134 e. The molecule has 0 saturated carbocycles. The smallest absolute Gasteiger partial charge is 0.134 e. The average molecular weight is 383 g/mol. The van der Waals surface area contributed by atoms with E-state index in [9.17, 15) is 5.11 Å². The van der Waals surface area contributed by atoms with Crippen LogP contribution in [0.2, 0.25) is 5.02 Å². The Hall–Kier alpha value is -2.34. The first-order valence-electron chi connectivity index (χ1n) is 9.19. The third-order valence-corrected chi connectivity index (χ3v) is 5.28. The largest absolute Gasteiger partial charge is 0.506 e. The molecule has 1 aliphatic heterocycles. The maximum absolute atomic E-state index is 9.54. The summed E-state index contributed by atoms with van der Waals surface area (Å²) in [4.78, 5) is 4.87. The number of H-pyrrole nitrogens is 1. The molecule has 0 aliphatic carbocycles. The maximum atomic E-state index is 9.54. The van der Waals surface area contributed by atoms with Crippen LogP contribution in [-0.4, -0.2) is 51.3 Å². The van der Waals surface area contributed by atoms with Gasteiger partial charge in [-0.15, -0.1) is 0 Å². The number of nitrogens with one attached hydrogen (secondary N) is 1. The summed E-state index contributed by atoms with van der Waals surface area (Å²) in [6, 6.07) is 17.8. The summed E-state index contributed by atoms with van der Waals surface area (Å²) in [5.74, 6) is 0.139. The lowest BCUT2D eigenvalue weighted by Gasteiger charge is -2.34. The fraction of sp³-hybridized carbons (Fsp3) is 0.286. The molecule has 5 nitrogen and oxygen atoms in total. The number of aromatic amines is 1. The number of aromatic hydroxyl groups is 1. The number of phenols is 1. The SMILES string of the molecule is Oc1ccc(CN2CCN(Cc3cc(-c4ccccc4)n[nH]3)CC2)cc1Cl. The van der Waals surface area contributed by atoms with E-state index in [0.29, 0.717) is 5.02 Å². The zero-order chi connectivity index (χ0) is 18.6. The fourth-order valence-electron chi connectivity index (χ4n) is 3.45. The number of halogens is 1. The number of hydrogen-bond acceptors (Lipinski definition) is 4. The Morgan fingerprint density at radius 2 is 1.63 bits per heavy atom. The highest BCUT2D eigenvalue weighted by atomic mass is 35.5. The molecule has 4 rings (SSSR count). The van der Waals surface area contributed by atoms with Crippen molar-refractivity contribution < 1.29 is 5.11 Å². The highest BCUT2D eigenvalue weighted by Crippen LogP contribution is 2.24. The van der Waals surface area contributed by atoms with Crippen molar-refractivity contribution in [3.63, 3.8) is 0 Å². The minimum Gasteiger partial charge on any atom is -0.506 e. The van der Waals surface area contributed by atoms with Crippen LogP contribution in [0.25, 0.3) is 11.3 Å². The topological polar surface area (TPSA) is 55.4 Å². The van der Waals surface area contributed by atoms with E-state index in [4.69, 9.17) is 11.6 Å². The Labute approximate surface area is 164 Å². The summed E-state index contributed by atoms with van der Waals surface area (Å²) in [5, 5.41) is 17.6. The molecule has 1 aromatic heterocycles. The van der Waals surface area contributed by atoms with Gasteiger partial charge < -0.3 is 5.11 Å². The predicted octanol–water partition coefficient (Wildman–Crippen LogP) is 3.75. The first-order chi connectivity index (χ1) is 13.2. The van der Waals surface area contributed by atoms with Gasteiger partial charge in [0.25, 0.3) is 0 Å². The standard InChI is InChI=1S/C21H23ClN4O/c22-19-12-16(6-7-21(19)27)14-25-8-10-26(11-9-25)15-18-13-20(24-23-18)17-4-2-1-3-5-17/h1-7,12-13,27H,8-11,14-15H2,(H,23,24). The number of aromatic nitrogens is 2. The summed E-state index contributed by atoms with van der Waals surface area (Å²) >= 11 is 6.01. The molecular weight excluding hydrogens is 360 g/mol. The van der Waals surface area contributed by atoms with Crippen LogP contribution in [0.4, 0.5) is 0 Å². The van der Waals surface area contributed by atoms with Crippen LogP contribution in [0.5, 0.6) is 5.75 Å². The minimum absolute atomic E-state index is 0.139. The Morgan fingerprint density at radius 1 is 0.926 bits per heavy atom. The molecule has 0 bridgehead atoms. The Balaban J connectivity index is 1.29. The molecule has 1 aliphatic rings. The van der Waals surface area contributed by atoms with Gasteiger partial charge in [0.15, 0.2) is 0 Å². The zero-order valence-electron chi connectivity index (χ0n) is 15.1. The average Bonchev–Trinajstić information content (AvgIpc) is 3.16. The molecule has 1 fully saturated rings. The molecule has 6 heteroatoms. The summed E-state index contributed by atoms with van der Waals surface area (Å²) in [6.07, 6.45) is 0. The lowest BCUT2D eigenvalue weighted by Crippen LogP contribution is -2.45. The van der Waals surface area contributed by atoms with Crippen LogP contribution in [-0.2, 0) is 13.1 Å². The molecule has 0 spiro atoms. The van der Waals surface area contributed by atoms with E-state index >= 15 is 0 Å². The molecule has 2 N–H and O–H groups in total. The second-order valence-corrected chi connectivity index (χ2v) is 7.39. The van der Waals surface area contributed by atoms with Crippen molar-refractivity contribution in [1.29, 1.82) is 0 Å². The van der Waals surface area contributed by atoms with E-state index in [1.54, 1.807) is 6.07 Å². The van der Waals surface area contributed by atoms with Gasteiger partial charge in [-0.2, -0.15) is 5.10 Å². The number of phenolic OH excluding ortho intramolecular Hbond substituents is 1. The predicted molar refractivity (Wildman–Crippen MR) is 108 cm³/mol. The highest BCUT2D eigenvalue weighted by Gasteiger charge is 2.18. The Morgan fingerprint density at radius 3 is 2.33 bits per heavy atom. The Kier molecular flexibility index (Phi) is 5.43. The van der Waals surface area contributed by atoms with E-state index < -0.39 is 0 Å². The summed E-state index contributed by atoms with van der Waals surface area (Å²) < 4.78 is 0. The van der Waals surface area contributed by atoms with E-state index in [1.165, 1.54) is 0 Å². The first kappa shape index (κ1) is 18.0. The number of rotatable bonds is 5. The van der Waals surface area contributed by atoms with E-state index in [-0.39, 0.29) is 5.75 Å². The van der Waals surface area contributed by atoms with Gasteiger partial charge in [0, 0.05) is 50.5 Å². The van der Waals surface area contributed by atoms with Crippen LogP contribution < -0.4 is 0 Å². The van der Waals surface area contributed by atoms with Gasteiger partial charge in [-0.25, -0.2) is 0 Å². The lowest BCUT2D eigenvalue weighted by atomic mass is 10.1. The number of nitrogens with zero attached hydrogens (tertiary/aromatic N) is 3. The molecule has 140 valence electrons. The molecular formula is C21H23ClN4O. The summed E-state index contributed by atoms with van der Waals surface area (Å²) in [7, 11) is 0. The van der Waals surface area contributed by atoms with Crippen molar-refractivity contribution >= 4 is 11.6 Å². The van der Waals surface area contributed by atoms with Gasteiger partial charge in [0.1, 0.15) is 5.75 Å². The monoisotopic (exact) mass is 382 g/mol. The third kappa shape index (κ3) is 4.50. The molecule has 0 amide bonds. The number of hydrogen-bond donors (Lipinski definition) is 2.